The normalized spacial score (nSPS) is 29.0. The molecule has 0 amide bonds. The van der Waals surface area contributed by atoms with Crippen molar-refractivity contribution in [2.45, 2.75) is 83.2 Å². The Morgan fingerprint density at radius 3 is 2.31 bits per heavy atom. The maximum absolute atomic E-state index is 6.06. The zero-order valence-electron chi connectivity index (χ0n) is 10.5. The van der Waals surface area contributed by atoms with E-state index in [1.165, 1.54) is 82.8 Å². The Morgan fingerprint density at radius 2 is 1.50 bits per heavy atom. The van der Waals surface area contributed by atoms with Crippen LogP contribution in [0, 0.1) is 0 Å². The van der Waals surface area contributed by atoms with E-state index in [0.717, 1.165) is 0 Å². The van der Waals surface area contributed by atoms with Crippen molar-refractivity contribution in [1.82, 2.24) is 0 Å². The van der Waals surface area contributed by atoms with Crippen LogP contribution in [0.3, 0.4) is 0 Å². The van der Waals surface area contributed by atoms with Crippen LogP contribution in [0.1, 0.15) is 77.0 Å². The van der Waals surface area contributed by atoms with Crippen molar-refractivity contribution in [3.05, 3.63) is 11.8 Å². The van der Waals surface area contributed by atoms with Crippen molar-refractivity contribution in [2.24, 2.45) is 0 Å². The maximum atomic E-state index is 6.06. The molecule has 0 radical (unpaired) electrons. The number of fused-ring (bicyclic) bond motifs is 2. The van der Waals surface area contributed by atoms with Crippen LogP contribution in [-0.2, 0) is 4.74 Å². The predicted octanol–water partition coefficient (Wildman–Crippen LogP) is 4.96. The summed E-state index contributed by atoms with van der Waals surface area (Å²) >= 11 is 0. The van der Waals surface area contributed by atoms with Gasteiger partial charge in [0.25, 0.3) is 0 Å². The van der Waals surface area contributed by atoms with Gasteiger partial charge in [0.2, 0.25) is 0 Å². The molecule has 0 spiro atoms. The number of hydrogen-bond donors (Lipinski definition) is 0. The third kappa shape index (κ3) is 4.19. The highest BCUT2D eigenvalue weighted by Crippen LogP contribution is 2.25. The number of rotatable bonds is 0. The molecular formula is C15H26O. The second-order valence-electron chi connectivity index (χ2n) is 5.35. The molecule has 2 heterocycles. The summed E-state index contributed by atoms with van der Waals surface area (Å²) in [7, 11) is 0. The summed E-state index contributed by atoms with van der Waals surface area (Å²) in [4.78, 5) is 0. The van der Waals surface area contributed by atoms with Gasteiger partial charge in [0.05, 0.1) is 11.9 Å². The van der Waals surface area contributed by atoms with Gasteiger partial charge in [-0.2, -0.15) is 0 Å². The predicted molar refractivity (Wildman–Crippen MR) is 68.4 cm³/mol. The van der Waals surface area contributed by atoms with Crippen LogP contribution < -0.4 is 0 Å². The summed E-state index contributed by atoms with van der Waals surface area (Å²) in [6.45, 7) is 0. The Labute approximate surface area is 100 Å². The van der Waals surface area contributed by atoms with Crippen molar-refractivity contribution in [1.29, 1.82) is 0 Å². The molecule has 0 aromatic heterocycles. The molecule has 1 fully saturated rings. The van der Waals surface area contributed by atoms with Gasteiger partial charge in [0.1, 0.15) is 0 Å². The minimum Gasteiger partial charge on any atom is -0.495 e. The highest BCUT2D eigenvalue weighted by atomic mass is 16.5. The Kier molecular flexibility index (Phi) is 5.24. The minimum atomic E-state index is 0.542. The average Bonchev–Trinajstić information content (AvgIpc) is 2.32. The molecular weight excluding hydrogens is 196 g/mol. The summed E-state index contributed by atoms with van der Waals surface area (Å²) in [6, 6.07) is 0. The molecule has 2 bridgehead atoms. The van der Waals surface area contributed by atoms with Crippen LogP contribution >= 0.6 is 0 Å². The second-order valence-corrected chi connectivity index (χ2v) is 5.35. The molecule has 1 unspecified atom stereocenters. The van der Waals surface area contributed by atoms with E-state index in [2.05, 4.69) is 6.08 Å². The molecule has 0 aromatic carbocycles. The first-order valence-electron chi connectivity index (χ1n) is 7.31. The molecule has 2 aliphatic rings. The Morgan fingerprint density at radius 1 is 0.812 bits per heavy atom. The van der Waals surface area contributed by atoms with Crippen molar-refractivity contribution in [2.75, 3.05) is 0 Å². The lowest BCUT2D eigenvalue weighted by Crippen LogP contribution is -2.16. The van der Waals surface area contributed by atoms with Gasteiger partial charge in [-0.15, -0.1) is 0 Å². The highest BCUT2D eigenvalue weighted by molar-refractivity contribution is 4.97. The van der Waals surface area contributed by atoms with Crippen molar-refractivity contribution >= 4 is 0 Å². The summed E-state index contributed by atoms with van der Waals surface area (Å²) in [5, 5.41) is 0. The van der Waals surface area contributed by atoms with E-state index < -0.39 is 0 Å². The maximum Gasteiger partial charge on any atom is 0.0985 e. The molecule has 1 heteroatoms. The number of ether oxygens (including phenoxy) is 1. The topological polar surface area (TPSA) is 9.23 Å². The summed E-state index contributed by atoms with van der Waals surface area (Å²) in [5.41, 5.74) is 0. The fourth-order valence-corrected chi connectivity index (χ4v) is 2.85. The van der Waals surface area contributed by atoms with E-state index in [1.807, 2.05) is 0 Å². The summed E-state index contributed by atoms with van der Waals surface area (Å²) in [5.74, 6) is 1.30. The van der Waals surface area contributed by atoms with Gasteiger partial charge in [-0.25, -0.2) is 0 Å². The van der Waals surface area contributed by atoms with Crippen LogP contribution in [0.2, 0.25) is 0 Å². The molecule has 92 valence electrons. The standard InChI is InChI=1S/C15H26O/c1-2-4-6-8-11-15-13-9-12-14(16-15)10-7-5-3-1/h12,15H,1-11,13H2. The lowest BCUT2D eigenvalue weighted by atomic mass is 10.0. The smallest absolute Gasteiger partial charge is 0.0985 e. The average molecular weight is 222 g/mol. The quantitative estimate of drug-likeness (QED) is 0.562. The van der Waals surface area contributed by atoms with Crippen LogP contribution in [0.15, 0.2) is 11.8 Å². The largest absolute Gasteiger partial charge is 0.495 e. The zero-order chi connectivity index (χ0) is 11.1. The van der Waals surface area contributed by atoms with Gasteiger partial charge in [-0.3, -0.25) is 0 Å². The Hall–Kier alpha value is -0.460. The molecule has 1 atom stereocenters. The van der Waals surface area contributed by atoms with Gasteiger partial charge >= 0.3 is 0 Å². The molecule has 2 aliphatic heterocycles. The van der Waals surface area contributed by atoms with Gasteiger partial charge < -0.3 is 4.74 Å². The minimum absolute atomic E-state index is 0.542. The summed E-state index contributed by atoms with van der Waals surface area (Å²) < 4.78 is 6.06. The van der Waals surface area contributed by atoms with E-state index >= 15 is 0 Å². The SMILES string of the molecule is C1=C2CCCCCCCCCCC(CC1)O2. The van der Waals surface area contributed by atoms with Gasteiger partial charge in [-0.05, 0) is 38.2 Å². The van der Waals surface area contributed by atoms with Crippen molar-refractivity contribution < 1.29 is 4.74 Å². The monoisotopic (exact) mass is 222 g/mol. The zero-order valence-corrected chi connectivity index (χ0v) is 10.5. The second kappa shape index (κ2) is 6.98. The molecule has 2 rings (SSSR count). The molecule has 0 aliphatic carbocycles. The first-order chi connectivity index (χ1) is 7.95. The first kappa shape index (κ1) is 12.0. The Bertz CT molecular complexity index is 219. The van der Waals surface area contributed by atoms with Crippen LogP contribution in [0.5, 0.6) is 0 Å². The third-order valence-electron chi connectivity index (χ3n) is 3.88. The molecule has 16 heavy (non-hydrogen) atoms. The lowest BCUT2D eigenvalue weighted by Gasteiger charge is -2.24. The Balaban J connectivity index is 1.81. The lowest BCUT2D eigenvalue weighted by molar-refractivity contribution is 0.0792. The fourth-order valence-electron chi connectivity index (χ4n) is 2.85. The van der Waals surface area contributed by atoms with Crippen molar-refractivity contribution in [3.8, 4) is 0 Å². The number of allylic oxidation sites excluding steroid dienone is 2. The highest BCUT2D eigenvalue weighted by Gasteiger charge is 2.15. The number of hydrogen-bond acceptors (Lipinski definition) is 1. The van der Waals surface area contributed by atoms with E-state index in [0.29, 0.717) is 6.10 Å². The van der Waals surface area contributed by atoms with Crippen LogP contribution in [0.4, 0.5) is 0 Å². The summed E-state index contributed by atoms with van der Waals surface area (Å²) in [6.07, 6.45) is 19.1. The molecule has 0 aromatic rings. The molecule has 1 nitrogen and oxygen atoms in total. The molecule has 0 N–H and O–H groups in total. The molecule has 0 saturated carbocycles. The van der Waals surface area contributed by atoms with Crippen LogP contribution in [-0.4, -0.2) is 6.10 Å². The fraction of sp³-hybridized carbons (Fsp3) is 0.867. The van der Waals surface area contributed by atoms with E-state index in [9.17, 15) is 0 Å². The van der Waals surface area contributed by atoms with Crippen LogP contribution in [0.25, 0.3) is 0 Å². The van der Waals surface area contributed by atoms with Gasteiger partial charge in [0.15, 0.2) is 0 Å². The van der Waals surface area contributed by atoms with Gasteiger partial charge in [0, 0.05) is 6.42 Å². The van der Waals surface area contributed by atoms with Gasteiger partial charge in [-0.1, -0.05) is 38.5 Å². The van der Waals surface area contributed by atoms with E-state index in [1.54, 1.807) is 0 Å². The van der Waals surface area contributed by atoms with E-state index in [-0.39, 0.29) is 0 Å². The van der Waals surface area contributed by atoms with E-state index in [4.69, 9.17) is 4.74 Å². The molecule has 1 saturated heterocycles. The first-order valence-corrected chi connectivity index (χ1v) is 7.31. The third-order valence-corrected chi connectivity index (χ3v) is 3.88. The van der Waals surface area contributed by atoms with Crippen molar-refractivity contribution in [3.63, 3.8) is 0 Å².